The van der Waals surface area contributed by atoms with Gasteiger partial charge in [0.15, 0.2) is 0 Å². The molecule has 9 nitrogen and oxygen atoms in total. The Morgan fingerprint density at radius 3 is 2.58 bits per heavy atom. The molecule has 0 bridgehead atoms. The van der Waals surface area contributed by atoms with Gasteiger partial charge in [-0.2, -0.15) is 0 Å². The first-order valence-corrected chi connectivity index (χ1v) is 10.7. The minimum absolute atomic E-state index is 0.203. The lowest BCUT2D eigenvalue weighted by molar-refractivity contribution is 0.0994. The maximum absolute atomic E-state index is 13.9. The van der Waals surface area contributed by atoms with Crippen LogP contribution >= 0.6 is 11.6 Å². The summed E-state index contributed by atoms with van der Waals surface area (Å²) in [4.78, 5) is 27.7. The van der Waals surface area contributed by atoms with E-state index in [-0.39, 0.29) is 5.91 Å². The van der Waals surface area contributed by atoms with Gasteiger partial charge in [0.1, 0.15) is 11.6 Å². The zero-order chi connectivity index (χ0) is 23.4. The molecule has 1 aliphatic rings. The van der Waals surface area contributed by atoms with Crippen LogP contribution in [0.2, 0.25) is 5.02 Å². The summed E-state index contributed by atoms with van der Waals surface area (Å²) in [5.41, 5.74) is 5.85. The number of aromatic nitrogens is 4. The number of aryl methyl sites for hydroxylation is 3. The lowest BCUT2D eigenvalue weighted by Gasteiger charge is -2.27. The molecule has 5 rings (SSSR count). The van der Waals surface area contributed by atoms with Crippen LogP contribution in [0.15, 0.2) is 42.6 Å². The highest BCUT2D eigenvalue weighted by Crippen LogP contribution is 2.45. The Morgan fingerprint density at radius 2 is 1.88 bits per heavy atom. The quantitative estimate of drug-likeness (QED) is 0.483. The Labute approximate surface area is 194 Å². The van der Waals surface area contributed by atoms with E-state index in [1.165, 1.54) is 7.05 Å². The first-order chi connectivity index (χ1) is 15.8. The number of fused-ring (bicyclic) bond motifs is 2. The van der Waals surface area contributed by atoms with Crippen LogP contribution < -0.4 is 15.5 Å². The number of urea groups is 1. The third kappa shape index (κ3) is 3.23. The summed E-state index contributed by atoms with van der Waals surface area (Å²) in [6.45, 7) is 1.95. The van der Waals surface area contributed by atoms with E-state index < -0.39 is 12.1 Å². The molecule has 2 aromatic heterocycles. The smallest absolute Gasteiger partial charge is 0.319 e. The van der Waals surface area contributed by atoms with Crippen molar-refractivity contribution in [3.8, 4) is 0 Å². The van der Waals surface area contributed by atoms with Crippen molar-refractivity contribution in [1.82, 2.24) is 24.9 Å². The summed E-state index contributed by atoms with van der Waals surface area (Å²) in [5.74, 6) is -0.203. The average molecular weight is 464 g/mol. The number of carbonyl (C=O) groups excluding carboxylic acids is 2. The summed E-state index contributed by atoms with van der Waals surface area (Å²) >= 11 is 6.14. The predicted molar refractivity (Wildman–Crippen MR) is 127 cm³/mol. The molecule has 2 aromatic carbocycles. The van der Waals surface area contributed by atoms with Crippen LogP contribution in [0.3, 0.4) is 0 Å². The largest absolute Gasteiger partial charge is 0.350 e. The minimum atomic E-state index is -0.409. The first-order valence-electron chi connectivity index (χ1n) is 10.4. The molecule has 0 saturated heterocycles. The van der Waals surface area contributed by atoms with Gasteiger partial charge in [0.05, 0.1) is 22.5 Å². The maximum Gasteiger partial charge on any atom is 0.319 e. The van der Waals surface area contributed by atoms with E-state index in [0.29, 0.717) is 16.3 Å². The fourth-order valence-electron chi connectivity index (χ4n) is 4.47. The van der Waals surface area contributed by atoms with Crippen molar-refractivity contribution in [2.24, 2.45) is 14.1 Å². The van der Waals surface area contributed by atoms with E-state index in [0.717, 1.165) is 33.5 Å². The number of amides is 3. The van der Waals surface area contributed by atoms with E-state index in [9.17, 15) is 9.59 Å². The summed E-state index contributed by atoms with van der Waals surface area (Å²) in [5, 5.41) is 14.3. The molecule has 3 heterocycles. The SMILES string of the molecule is CNC(=O)Nc1cn(C)c2c1C(=O)N(c1cc(C)c3nnn(C)c3c1)C2c1ccc(Cl)cc1. The monoisotopic (exact) mass is 463 g/mol. The van der Waals surface area contributed by atoms with Crippen molar-refractivity contribution in [3.05, 3.63) is 70.0 Å². The van der Waals surface area contributed by atoms with Gasteiger partial charge in [0.2, 0.25) is 0 Å². The molecule has 2 N–H and O–H groups in total. The molecular weight excluding hydrogens is 442 g/mol. The van der Waals surface area contributed by atoms with Crippen molar-refractivity contribution >= 4 is 45.9 Å². The summed E-state index contributed by atoms with van der Waals surface area (Å²) < 4.78 is 3.57. The van der Waals surface area contributed by atoms with Gasteiger partial charge in [-0.15, -0.1) is 5.10 Å². The van der Waals surface area contributed by atoms with Crippen molar-refractivity contribution < 1.29 is 9.59 Å². The predicted octanol–water partition coefficient (Wildman–Crippen LogP) is 3.77. The second-order valence-corrected chi connectivity index (χ2v) is 8.53. The number of halogens is 1. The maximum atomic E-state index is 13.9. The van der Waals surface area contributed by atoms with Crippen LogP contribution in [0.1, 0.15) is 33.2 Å². The van der Waals surface area contributed by atoms with Crippen LogP contribution in [0, 0.1) is 6.92 Å². The second kappa shape index (κ2) is 7.63. The van der Waals surface area contributed by atoms with E-state index in [1.807, 2.05) is 62.0 Å². The third-order valence-electron chi connectivity index (χ3n) is 6.01. The van der Waals surface area contributed by atoms with Crippen molar-refractivity contribution in [2.75, 3.05) is 17.3 Å². The van der Waals surface area contributed by atoms with E-state index >= 15 is 0 Å². The highest BCUT2D eigenvalue weighted by molar-refractivity contribution is 6.30. The number of carbonyl (C=O) groups is 2. The van der Waals surface area contributed by atoms with Crippen molar-refractivity contribution in [3.63, 3.8) is 0 Å². The van der Waals surface area contributed by atoms with Crippen LogP contribution in [0.25, 0.3) is 11.0 Å². The number of hydrogen-bond acceptors (Lipinski definition) is 4. The van der Waals surface area contributed by atoms with Gasteiger partial charge < -0.3 is 15.2 Å². The number of benzene rings is 2. The Hall–Kier alpha value is -3.85. The number of anilines is 2. The molecule has 4 aromatic rings. The van der Waals surface area contributed by atoms with E-state index in [4.69, 9.17) is 11.6 Å². The number of hydrogen-bond donors (Lipinski definition) is 2. The van der Waals surface area contributed by atoms with Gasteiger partial charge in [0.25, 0.3) is 5.91 Å². The Balaban J connectivity index is 1.73. The number of rotatable bonds is 3. The Kier molecular flexibility index (Phi) is 4.86. The van der Waals surface area contributed by atoms with Crippen LogP contribution in [0.5, 0.6) is 0 Å². The van der Waals surface area contributed by atoms with Crippen LogP contribution in [0.4, 0.5) is 16.2 Å². The third-order valence-corrected chi connectivity index (χ3v) is 6.26. The van der Waals surface area contributed by atoms with Crippen molar-refractivity contribution in [1.29, 1.82) is 0 Å². The first kappa shape index (κ1) is 21.0. The molecule has 168 valence electrons. The van der Waals surface area contributed by atoms with Gasteiger partial charge in [-0.1, -0.05) is 28.9 Å². The molecule has 0 radical (unpaired) electrons. The fourth-order valence-corrected chi connectivity index (χ4v) is 4.60. The summed E-state index contributed by atoms with van der Waals surface area (Å²) in [7, 11) is 5.22. The van der Waals surface area contributed by atoms with E-state index in [2.05, 4.69) is 20.9 Å². The van der Waals surface area contributed by atoms with Gasteiger partial charge in [-0.3, -0.25) is 9.69 Å². The summed E-state index contributed by atoms with van der Waals surface area (Å²) in [6, 6.07) is 10.5. The molecule has 1 atom stereocenters. The highest BCUT2D eigenvalue weighted by atomic mass is 35.5. The van der Waals surface area contributed by atoms with Crippen LogP contribution in [-0.4, -0.2) is 38.5 Å². The average Bonchev–Trinajstić information content (AvgIpc) is 3.42. The van der Waals surface area contributed by atoms with Crippen LogP contribution in [-0.2, 0) is 14.1 Å². The lowest BCUT2D eigenvalue weighted by Crippen LogP contribution is -2.30. The standard InChI is InChI=1S/C23H22ClN7O2/c1-12-9-15(10-17-19(12)27-28-30(17)4)31-20(13-5-7-14(24)8-6-13)21-18(22(31)32)16(11-29(21)3)26-23(33)25-2/h5-11,20H,1-4H3,(H2,25,26,33). The van der Waals surface area contributed by atoms with Gasteiger partial charge >= 0.3 is 6.03 Å². The highest BCUT2D eigenvalue weighted by Gasteiger charge is 2.43. The molecule has 1 unspecified atom stereocenters. The minimum Gasteiger partial charge on any atom is -0.350 e. The summed E-state index contributed by atoms with van der Waals surface area (Å²) in [6.07, 6.45) is 1.76. The van der Waals surface area contributed by atoms with Gasteiger partial charge in [0, 0.05) is 38.0 Å². The zero-order valence-electron chi connectivity index (χ0n) is 18.5. The second-order valence-electron chi connectivity index (χ2n) is 8.09. The molecule has 33 heavy (non-hydrogen) atoms. The van der Waals surface area contributed by atoms with Gasteiger partial charge in [-0.05, 0) is 42.3 Å². The van der Waals surface area contributed by atoms with Gasteiger partial charge in [-0.25, -0.2) is 9.48 Å². The number of nitrogens with one attached hydrogen (secondary N) is 2. The Bertz CT molecular complexity index is 1420. The zero-order valence-corrected chi connectivity index (χ0v) is 19.3. The molecule has 0 saturated carbocycles. The molecule has 3 amide bonds. The molecular formula is C23H22ClN7O2. The molecule has 0 aliphatic carbocycles. The fraction of sp³-hybridized carbons (Fsp3) is 0.217. The molecule has 0 spiro atoms. The Morgan fingerprint density at radius 1 is 1.15 bits per heavy atom. The molecule has 10 heteroatoms. The molecule has 0 fully saturated rings. The lowest BCUT2D eigenvalue weighted by atomic mass is 10.0. The van der Waals surface area contributed by atoms with Crippen molar-refractivity contribution in [2.45, 2.75) is 13.0 Å². The topological polar surface area (TPSA) is 97.1 Å². The normalized spacial score (nSPS) is 15.2. The number of nitrogens with zero attached hydrogens (tertiary/aromatic N) is 5. The van der Waals surface area contributed by atoms with E-state index in [1.54, 1.807) is 15.8 Å². The molecule has 1 aliphatic heterocycles.